The minimum Gasteiger partial charge on any atom is -0.329 e. The van der Waals surface area contributed by atoms with Gasteiger partial charge >= 0.3 is 0 Å². The van der Waals surface area contributed by atoms with Crippen LogP contribution in [0.5, 0.6) is 0 Å². The third-order valence-electron chi connectivity index (χ3n) is 2.97. The van der Waals surface area contributed by atoms with Crippen molar-refractivity contribution in [2.75, 3.05) is 26.7 Å². The summed E-state index contributed by atoms with van der Waals surface area (Å²) < 4.78 is 25.7. The van der Waals surface area contributed by atoms with Crippen LogP contribution in [0, 0.1) is 0 Å². The van der Waals surface area contributed by atoms with Crippen LogP contribution in [-0.4, -0.2) is 51.3 Å². The van der Waals surface area contributed by atoms with Crippen LogP contribution in [0.3, 0.4) is 0 Å². The summed E-state index contributed by atoms with van der Waals surface area (Å²) in [6.45, 7) is 7.15. The second-order valence-electron chi connectivity index (χ2n) is 4.22. The van der Waals surface area contributed by atoms with Crippen LogP contribution in [0.4, 0.5) is 0 Å². The maximum atomic E-state index is 11.6. The van der Waals surface area contributed by atoms with Crippen LogP contribution in [0.2, 0.25) is 0 Å². The monoisotopic (exact) mass is 251 g/mol. The van der Waals surface area contributed by atoms with Gasteiger partial charge in [-0.3, -0.25) is 0 Å². The molecular formula is C10H25N3O2S. The van der Waals surface area contributed by atoms with Crippen molar-refractivity contribution in [2.45, 2.75) is 38.5 Å². The minimum atomic E-state index is -3.24. The fourth-order valence-corrected chi connectivity index (χ4v) is 2.08. The number of nitrogens with two attached hydrogens (primary N) is 1. The molecule has 0 bridgehead atoms. The van der Waals surface area contributed by atoms with E-state index in [1.165, 1.54) is 0 Å². The van der Waals surface area contributed by atoms with Crippen molar-refractivity contribution in [3.8, 4) is 0 Å². The molecule has 6 heteroatoms. The molecule has 16 heavy (non-hydrogen) atoms. The molecular weight excluding hydrogens is 226 g/mol. The molecule has 2 atom stereocenters. The van der Waals surface area contributed by atoms with Crippen molar-refractivity contribution in [1.82, 2.24) is 9.62 Å². The largest absolute Gasteiger partial charge is 0.329 e. The molecule has 0 aliphatic rings. The lowest BCUT2D eigenvalue weighted by Crippen LogP contribution is -2.41. The van der Waals surface area contributed by atoms with E-state index in [1.54, 1.807) is 6.92 Å². The highest BCUT2D eigenvalue weighted by molar-refractivity contribution is 7.90. The first kappa shape index (κ1) is 15.8. The number of likely N-dealkylation sites (N-methyl/N-ethyl adjacent to an activating group) is 1. The van der Waals surface area contributed by atoms with Gasteiger partial charge in [0.15, 0.2) is 0 Å². The number of hydrogen-bond donors (Lipinski definition) is 2. The zero-order chi connectivity index (χ0) is 12.8. The third kappa shape index (κ3) is 5.25. The van der Waals surface area contributed by atoms with Gasteiger partial charge in [-0.15, -0.1) is 0 Å². The maximum Gasteiger partial charge on any atom is 0.215 e. The molecule has 0 saturated carbocycles. The highest BCUT2D eigenvalue weighted by Gasteiger charge is 2.18. The first-order chi connectivity index (χ1) is 7.35. The molecule has 0 fully saturated rings. The van der Waals surface area contributed by atoms with Crippen LogP contribution in [0.1, 0.15) is 27.2 Å². The molecule has 0 aliphatic heterocycles. The topological polar surface area (TPSA) is 75.4 Å². The Morgan fingerprint density at radius 2 is 1.94 bits per heavy atom. The molecule has 0 amide bonds. The Balaban J connectivity index is 3.99. The van der Waals surface area contributed by atoms with Crippen LogP contribution in [0.25, 0.3) is 0 Å². The summed E-state index contributed by atoms with van der Waals surface area (Å²) >= 11 is 0. The molecule has 0 aromatic carbocycles. The summed E-state index contributed by atoms with van der Waals surface area (Å²) in [4.78, 5) is 2.13. The summed E-state index contributed by atoms with van der Waals surface area (Å²) in [6, 6.07) is 0.469. The van der Waals surface area contributed by atoms with Gasteiger partial charge in [-0.25, -0.2) is 13.1 Å². The van der Waals surface area contributed by atoms with E-state index in [2.05, 4.69) is 23.5 Å². The van der Waals surface area contributed by atoms with E-state index >= 15 is 0 Å². The highest BCUT2D eigenvalue weighted by atomic mass is 32.2. The van der Waals surface area contributed by atoms with E-state index in [-0.39, 0.29) is 6.54 Å². The van der Waals surface area contributed by atoms with Crippen LogP contribution in [-0.2, 0) is 10.0 Å². The number of nitrogens with one attached hydrogen (secondary N) is 1. The first-order valence-corrected chi connectivity index (χ1v) is 7.28. The Labute approximate surface area is 99.4 Å². The van der Waals surface area contributed by atoms with Gasteiger partial charge in [0.25, 0.3) is 0 Å². The van der Waals surface area contributed by atoms with Gasteiger partial charge in [0.05, 0.1) is 5.25 Å². The van der Waals surface area contributed by atoms with Gasteiger partial charge < -0.3 is 10.6 Å². The normalized spacial score (nSPS) is 16.4. The molecule has 0 saturated heterocycles. The standard InChI is InChI=1S/C10H25N3O2S/c1-5-9(2)13(4)7-6-12-16(14,15)10(3)8-11/h9-10,12H,5-8,11H2,1-4H3. The van der Waals surface area contributed by atoms with E-state index in [9.17, 15) is 8.42 Å². The van der Waals surface area contributed by atoms with Crippen molar-refractivity contribution in [2.24, 2.45) is 5.73 Å². The molecule has 5 nitrogen and oxygen atoms in total. The fourth-order valence-electron chi connectivity index (χ4n) is 1.17. The lowest BCUT2D eigenvalue weighted by atomic mass is 10.2. The molecule has 2 unspecified atom stereocenters. The van der Waals surface area contributed by atoms with E-state index in [0.29, 0.717) is 19.1 Å². The number of hydrogen-bond acceptors (Lipinski definition) is 4. The number of nitrogens with zero attached hydrogens (tertiary/aromatic N) is 1. The van der Waals surface area contributed by atoms with Crippen LogP contribution >= 0.6 is 0 Å². The molecule has 0 heterocycles. The zero-order valence-electron chi connectivity index (χ0n) is 10.7. The van der Waals surface area contributed by atoms with Crippen molar-refractivity contribution >= 4 is 10.0 Å². The predicted molar refractivity (Wildman–Crippen MR) is 67.8 cm³/mol. The highest BCUT2D eigenvalue weighted by Crippen LogP contribution is 1.99. The van der Waals surface area contributed by atoms with Gasteiger partial charge in [0.2, 0.25) is 10.0 Å². The van der Waals surface area contributed by atoms with Crippen LogP contribution < -0.4 is 10.5 Å². The van der Waals surface area contributed by atoms with Gasteiger partial charge in [-0.2, -0.15) is 0 Å². The van der Waals surface area contributed by atoms with Crippen molar-refractivity contribution < 1.29 is 8.42 Å². The van der Waals surface area contributed by atoms with Crippen molar-refractivity contribution in [3.63, 3.8) is 0 Å². The lowest BCUT2D eigenvalue weighted by Gasteiger charge is -2.23. The second kappa shape index (κ2) is 7.21. The Morgan fingerprint density at radius 1 is 1.38 bits per heavy atom. The second-order valence-corrected chi connectivity index (χ2v) is 6.41. The first-order valence-electron chi connectivity index (χ1n) is 5.73. The Morgan fingerprint density at radius 3 is 2.38 bits per heavy atom. The molecule has 3 N–H and O–H groups in total. The summed E-state index contributed by atoms with van der Waals surface area (Å²) in [5.41, 5.74) is 5.33. The summed E-state index contributed by atoms with van der Waals surface area (Å²) in [5, 5.41) is -0.526. The number of sulfonamides is 1. The van der Waals surface area contributed by atoms with E-state index in [4.69, 9.17) is 5.73 Å². The number of rotatable bonds is 8. The third-order valence-corrected chi connectivity index (χ3v) is 4.83. The van der Waals surface area contributed by atoms with Gasteiger partial charge in [0, 0.05) is 25.7 Å². The van der Waals surface area contributed by atoms with Crippen molar-refractivity contribution in [3.05, 3.63) is 0 Å². The minimum absolute atomic E-state index is 0.149. The molecule has 0 spiro atoms. The van der Waals surface area contributed by atoms with Crippen LogP contribution in [0.15, 0.2) is 0 Å². The molecule has 0 radical (unpaired) electrons. The summed E-state index contributed by atoms with van der Waals surface area (Å²) in [7, 11) is -1.25. The van der Waals surface area contributed by atoms with Gasteiger partial charge in [-0.05, 0) is 27.3 Å². The SMILES string of the molecule is CCC(C)N(C)CCNS(=O)(=O)C(C)CN. The molecule has 0 aromatic heterocycles. The Bertz CT molecular complexity index is 280. The maximum absolute atomic E-state index is 11.6. The van der Waals surface area contributed by atoms with E-state index < -0.39 is 15.3 Å². The fraction of sp³-hybridized carbons (Fsp3) is 1.00. The van der Waals surface area contributed by atoms with Gasteiger partial charge in [-0.1, -0.05) is 6.92 Å². The van der Waals surface area contributed by atoms with E-state index in [0.717, 1.165) is 6.42 Å². The quantitative estimate of drug-likeness (QED) is 0.636. The smallest absolute Gasteiger partial charge is 0.215 e. The lowest BCUT2D eigenvalue weighted by molar-refractivity contribution is 0.256. The van der Waals surface area contributed by atoms with Gasteiger partial charge in [0.1, 0.15) is 0 Å². The molecule has 0 aliphatic carbocycles. The predicted octanol–water partition coefficient (Wildman–Crippen LogP) is -0.0167. The van der Waals surface area contributed by atoms with Crippen molar-refractivity contribution in [1.29, 1.82) is 0 Å². The average molecular weight is 251 g/mol. The Kier molecular flexibility index (Phi) is 7.14. The summed E-state index contributed by atoms with van der Waals surface area (Å²) in [5.74, 6) is 0. The molecule has 0 rings (SSSR count). The zero-order valence-corrected chi connectivity index (χ0v) is 11.5. The molecule has 0 aromatic rings. The Hall–Kier alpha value is -0.170. The molecule has 98 valence electrons. The average Bonchev–Trinajstić information content (AvgIpc) is 2.26. The van der Waals surface area contributed by atoms with E-state index in [1.807, 2.05) is 7.05 Å². The summed E-state index contributed by atoms with van der Waals surface area (Å²) in [6.07, 6.45) is 1.06.